The highest BCUT2D eigenvalue weighted by Gasteiger charge is 1.92. The molecule has 0 aromatic rings. The lowest BCUT2D eigenvalue weighted by Gasteiger charge is -1.96. The highest BCUT2D eigenvalue weighted by atomic mass is 16.5. The topological polar surface area (TPSA) is 26.3 Å². The molecule has 0 amide bonds. The Balaban J connectivity index is 2.84. The minimum atomic E-state index is 0.289. The van der Waals surface area contributed by atoms with Crippen molar-refractivity contribution in [2.24, 2.45) is 0 Å². The van der Waals surface area contributed by atoms with E-state index < -0.39 is 0 Å². The van der Waals surface area contributed by atoms with Crippen LogP contribution in [0.15, 0.2) is 0 Å². The first-order chi connectivity index (χ1) is 4.77. The van der Waals surface area contributed by atoms with E-state index in [1.807, 2.05) is 0 Å². The predicted molar refractivity (Wildman–Crippen MR) is 41.0 cm³/mol. The summed E-state index contributed by atoms with van der Waals surface area (Å²) in [5.74, 6) is 0.289. The molecule has 2 heteroatoms. The number of ether oxygens (including phenoxy) is 1. The van der Waals surface area contributed by atoms with Crippen LogP contribution in [0.3, 0.4) is 0 Å². The van der Waals surface area contributed by atoms with Crippen molar-refractivity contribution >= 4 is 5.78 Å². The summed E-state index contributed by atoms with van der Waals surface area (Å²) in [6.45, 7) is 2.45. The Morgan fingerprint density at radius 2 is 2.00 bits per heavy atom. The minimum absolute atomic E-state index is 0.289. The van der Waals surface area contributed by atoms with E-state index in [4.69, 9.17) is 4.74 Å². The van der Waals surface area contributed by atoms with Gasteiger partial charge in [-0.25, -0.2) is 0 Å². The zero-order valence-electron chi connectivity index (χ0n) is 6.85. The normalized spacial score (nSPS) is 9.80. The molecular weight excluding hydrogens is 128 g/mol. The van der Waals surface area contributed by atoms with Crippen molar-refractivity contribution in [3.63, 3.8) is 0 Å². The maximum Gasteiger partial charge on any atom is 0.129 e. The van der Waals surface area contributed by atoms with E-state index in [0.29, 0.717) is 0 Å². The standard InChI is InChI=1S/C8H16O2/c1-8(9)6-4-3-5-7-10-2/h3-7H2,1-2H3. The van der Waals surface area contributed by atoms with Crippen molar-refractivity contribution in [2.45, 2.75) is 32.6 Å². The Bertz CT molecular complexity index is 89.3. The van der Waals surface area contributed by atoms with Crippen LogP contribution in [0.25, 0.3) is 0 Å². The largest absolute Gasteiger partial charge is 0.385 e. The van der Waals surface area contributed by atoms with Gasteiger partial charge in [0.2, 0.25) is 0 Å². The summed E-state index contributed by atoms with van der Waals surface area (Å²) in [5.41, 5.74) is 0. The summed E-state index contributed by atoms with van der Waals surface area (Å²) >= 11 is 0. The second-order valence-electron chi connectivity index (χ2n) is 2.51. The van der Waals surface area contributed by atoms with Gasteiger partial charge < -0.3 is 9.53 Å². The van der Waals surface area contributed by atoms with Crippen LogP contribution in [0.2, 0.25) is 0 Å². The van der Waals surface area contributed by atoms with Crippen molar-refractivity contribution in [2.75, 3.05) is 13.7 Å². The van der Waals surface area contributed by atoms with Crippen molar-refractivity contribution in [1.29, 1.82) is 0 Å². The summed E-state index contributed by atoms with van der Waals surface area (Å²) in [5, 5.41) is 0. The fraction of sp³-hybridized carbons (Fsp3) is 0.875. The number of hydrogen-bond acceptors (Lipinski definition) is 2. The zero-order valence-corrected chi connectivity index (χ0v) is 6.85. The molecule has 0 aromatic carbocycles. The summed E-state index contributed by atoms with van der Waals surface area (Å²) < 4.78 is 4.86. The number of methoxy groups -OCH3 is 1. The molecular formula is C8H16O2. The monoisotopic (exact) mass is 144 g/mol. The third kappa shape index (κ3) is 7.63. The lowest BCUT2D eigenvalue weighted by molar-refractivity contribution is -0.117. The van der Waals surface area contributed by atoms with Crippen LogP contribution in [0.5, 0.6) is 0 Å². The summed E-state index contributed by atoms with van der Waals surface area (Å²) in [4.78, 5) is 10.4. The van der Waals surface area contributed by atoms with Gasteiger partial charge in [0.1, 0.15) is 5.78 Å². The Morgan fingerprint density at radius 1 is 1.30 bits per heavy atom. The van der Waals surface area contributed by atoms with E-state index in [1.54, 1.807) is 14.0 Å². The van der Waals surface area contributed by atoms with E-state index in [1.165, 1.54) is 0 Å². The van der Waals surface area contributed by atoms with Crippen molar-refractivity contribution in [3.8, 4) is 0 Å². The average Bonchev–Trinajstić information content (AvgIpc) is 1.87. The Morgan fingerprint density at radius 3 is 2.50 bits per heavy atom. The molecule has 0 fully saturated rings. The van der Waals surface area contributed by atoms with Gasteiger partial charge in [0, 0.05) is 20.1 Å². The molecule has 0 aliphatic heterocycles. The molecule has 0 bridgehead atoms. The van der Waals surface area contributed by atoms with Crippen molar-refractivity contribution in [3.05, 3.63) is 0 Å². The Kier molecular flexibility index (Phi) is 6.50. The Hall–Kier alpha value is -0.370. The molecule has 10 heavy (non-hydrogen) atoms. The SMILES string of the molecule is COCCCCCC(C)=O. The highest BCUT2D eigenvalue weighted by Crippen LogP contribution is 1.99. The molecule has 0 atom stereocenters. The number of unbranched alkanes of at least 4 members (excludes halogenated alkanes) is 2. The molecule has 0 spiro atoms. The van der Waals surface area contributed by atoms with Crippen molar-refractivity contribution < 1.29 is 9.53 Å². The number of Topliss-reactive ketones (excluding diaryl/α,β-unsaturated/α-hetero) is 1. The molecule has 0 aliphatic rings. The first kappa shape index (κ1) is 9.63. The molecule has 60 valence electrons. The average molecular weight is 144 g/mol. The maximum absolute atomic E-state index is 10.4. The molecule has 0 N–H and O–H groups in total. The molecule has 0 unspecified atom stereocenters. The molecule has 0 saturated carbocycles. The molecule has 0 rings (SSSR count). The van der Waals surface area contributed by atoms with Crippen LogP contribution in [0.1, 0.15) is 32.6 Å². The van der Waals surface area contributed by atoms with Gasteiger partial charge in [-0.05, 0) is 19.8 Å². The van der Waals surface area contributed by atoms with Gasteiger partial charge in [-0.2, -0.15) is 0 Å². The number of carbonyl (C=O) groups excluding carboxylic acids is 1. The van der Waals surface area contributed by atoms with Crippen LogP contribution >= 0.6 is 0 Å². The summed E-state index contributed by atoms with van der Waals surface area (Å²) in [6.07, 6.45) is 3.92. The predicted octanol–water partition coefficient (Wildman–Crippen LogP) is 1.78. The number of hydrogen-bond donors (Lipinski definition) is 0. The highest BCUT2D eigenvalue weighted by molar-refractivity contribution is 5.75. The van der Waals surface area contributed by atoms with Crippen LogP contribution in [-0.2, 0) is 9.53 Å². The van der Waals surface area contributed by atoms with Gasteiger partial charge in [0.05, 0.1) is 0 Å². The lowest BCUT2D eigenvalue weighted by Crippen LogP contribution is -1.92. The molecule has 0 aliphatic carbocycles. The third-order valence-corrected chi connectivity index (χ3v) is 1.38. The second kappa shape index (κ2) is 6.75. The summed E-state index contributed by atoms with van der Waals surface area (Å²) in [7, 11) is 1.70. The first-order valence-corrected chi connectivity index (χ1v) is 3.75. The fourth-order valence-electron chi connectivity index (χ4n) is 0.797. The van der Waals surface area contributed by atoms with Gasteiger partial charge in [0.15, 0.2) is 0 Å². The fourth-order valence-corrected chi connectivity index (χ4v) is 0.797. The van der Waals surface area contributed by atoms with Gasteiger partial charge in [-0.15, -0.1) is 0 Å². The van der Waals surface area contributed by atoms with Gasteiger partial charge >= 0.3 is 0 Å². The van der Waals surface area contributed by atoms with E-state index in [0.717, 1.165) is 32.3 Å². The summed E-state index contributed by atoms with van der Waals surface area (Å²) in [6, 6.07) is 0. The van der Waals surface area contributed by atoms with Crippen LogP contribution in [0, 0.1) is 0 Å². The number of carbonyl (C=O) groups is 1. The zero-order chi connectivity index (χ0) is 7.82. The molecule has 0 radical (unpaired) electrons. The molecule has 0 saturated heterocycles. The first-order valence-electron chi connectivity index (χ1n) is 3.75. The van der Waals surface area contributed by atoms with E-state index in [-0.39, 0.29) is 5.78 Å². The maximum atomic E-state index is 10.4. The van der Waals surface area contributed by atoms with E-state index in [9.17, 15) is 4.79 Å². The number of ketones is 1. The smallest absolute Gasteiger partial charge is 0.129 e. The van der Waals surface area contributed by atoms with Gasteiger partial charge in [0.25, 0.3) is 0 Å². The molecule has 0 heterocycles. The number of rotatable bonds is 6. The van der Waals surface area contributed by atoms with E-state index >= 15 is 0 Å². The van der Waals surface area contributed by atoms with Gasteiger partial charge in [-0.3, -0.25) is 0 Å². The van der Waals surface area contributed by atoms with Crippen LogP contribution in [0.4, 0.5) is 0 Å². The van der Waals surface area contributed by atoms with Crippen LogP contribution in [-0.4, -0.2) is 19.5 Å². The quantitative estimate of drug-likeness (QED) is 0.531. The lowest BCUT2D eigenvalue weighted by atomic mass is 10.1. The molecule has 2 nitrogen and oxygen atoms in total. The minimum Gasteiger partial charge on any atom is -0.385 e. The van der Waals surface area contributed by atoms with Gasteiger partial charge in [-0.1, -0.05) is 6.42 Å². The second-order valence-corrected chi connectivity index (χ2v) is 2.51. The third-order valence-electron chi connectivity index (χ3n) is 1.38. The molecule has 0 aromatic heterocycles. The van der Waals surface area contributed by atoms with Crippen LogP contribution < -0.4 is 0 Å². The van der Waals surface area contributed by atoms with E-state index in [2.05, 4.69) is 0 Å². The Labute approximate surface area is 62.6 Å². The van der Waals surface area contributed by atoms with Crippen molar-refractivity contribution in [1.82, 2.24) is 0 Å².